The smallest absolute Gasteiger partial charge is 0.291 e. The first-order chi connectivity index (χ1) is 19.9. The van der Waals surface area contributed by atoms with Gasteiger partial charge >= 0.3 is 0 Å². The second-order valence-corrected chi connectivity index (χ2v) is 10.0. The number of carbonyl (C=O) groups excluding carboxylic acids is 1. The first kappa shape index (κ1) is 26.3. The van der Waals surface area contributed by atoms with Crippen LogP contribution in [0.25, 0.3) is 11.0 Å². The predicted molar refractivity (Wildman–Crippen MR) is 154 cm³/mol. The molecule has 0 bridgehead atoms. The minimum atomic E-state index is -0.744. The monoisotopic (exact) mass is 549 g/mol. The molecule has 206 valence electrons. The van der Waals surface area contributed by atoms with Gasteiger partial charge in [0.15, 0.2) is 16.9 Å². The summed E-state index contributed by atoms with van der Waals surface area (Å²) < 4.78 is 31.8. The predicted octanol–water partition coefficient (Wildman–Crippen LogP) is 6.96. The highest BCUT2D eigenvalue weighted by molar-refractivity contribution is 5.99. The Morgan fingerprint density at radius 3 is 2.39 bits per heavy atom. The van der Waals surface area contributed by atoms with E-state index in [0.29, 0.717) is 41.2 Å². The first-order valence-corrected chi connectivity index (χ1v) is 13.5. The molecule has 1 aliphatic rings. The van der Waals surface area contributed by atoms with Crippen LogP contribution in [0.2, 0.25) is 0 Å². The third kappa shape index (κ3) is 5.07. The van der Waals surface area contributed by atoms with Crippen molar-refractivity contribution in [2.45, 2.75) is 33.0 Å². The lowest BCUT2D eigenvalue weighted by molar-refractivity contribution is 0.0714. The summed E-state index contributed by atoms with van der Waals surface area (Å²) in [4.78, 5) is 29.3. The lowest BCUT2D eigenvalue weighted by Gasteiger charge is -2.26. The number of benzene rings is 4. The van der Waals surface area contributed by atoms with Gasteiger partial charge in [0.1, 0.15) is 18.0 Å². The van der Waals surface area contributed by atoms with E-state index in [4.69, 9.17) is 13.9 Å². The van der Waals surface area contributed by atoms with Crippen LogP contribution in [0.3, 0.4) is 0 Å². The number of nitrogens with zero attached hydrogens (tertiary/aromatic N) is 1. The number of carbonyl (C=O) groups is 1. The highest BCUT2D eigenvalue weighted by Gasteiger charge is 2.43. The van der Waals surface area contributed by atoms with E-state index in [0.717, 1.165) is 16.7 Å². The highest BCUT2D eigenvalue weighted by atomic mass is 19.1. The third-order valence-corrected chi connectivity index (χ3v) is 7.21. The van der Waals surface area contributed by atoms with Gasteiger partial charge in [0.05, 0.1) is 23.6 Å². The number of aryl methyl sites for hydroxylation is 1. The van der Waals surface area contributed by atoms with Gasteiger partial charge in [-0.25, -0.2) is 4.39 Å². The molecule has 0 N–H and O–H groups in total. The molecule has 0 spiro atoms. The molecule has 0 fully saturated rings. The molecule has 1 aliphatic heterocycles. The molecule has 1 unspecified atom stereocenters. The quantitative estimate of drug-likeness (QED) is 0.209. The van der Waals surface area contributed by atoms with Crippen LogP contribution in [0, 0.1) is 12.7 Å². The molecule has 2 heterocycles. The number of ether oxygens (including phenoxy) is 2. The second-order valence-electron chi connectivity index (χ2n) is 10.0. The summed E-state index contributed by atoms with van der Waals surface area (Å²) in [5.74, 6) is 0.296. The van der Waals surface area contributed by atoms with Crippen molar-refractivity contribution >= 4 is 16.9 Å². The molecule has 5 aromatic rings. The molecule has 1 aromatic heterocycles. The third-order valence-electron chi connectivity index (χ3n) is 7.21. The summed E-state index contributed by atoms with van der Waals surface area (Å²) in [5.41, 5.74) is 3.69. The summed E-state index contributed by atoms with van der Waals surface area (Å²) in [6.45, 7) is 4.69. The van der Waals surface area contributed by atoms with E-state index in [-0.39, 0.29) is 29.1 Å². The highest BCUT2D eigenvalue weighted by Crippen LogP contribution is 2.42. The molecule has 0 aliphatic carbocycles. The van der Waals surface area contributed by atoms with Crippen molar-refractivity contribution in [3.8, 4) is 11.5 Å². The number of fused-ring (bicyclic) bond motifs is 2. The van der Waals surface area contributed by atoms with Gasteiger partial charge in [0, 0.05) is 6.54 Å². The van der Waals surface area contributed by atoms with Crippen molar-refractivity contribution in [3.05, 3.63) is 141 Å². The SMILES string of the molecule is CCOc1cc(C2c3c(oc4ccc(C)cc4c3=O)C(=O)N2Cc2ccc(F)cc2)ccc1OCc1ccccc1. The molecule has 0 saturated heterocycles. The van der Waals surface area contributed by atoms with E-state index in [1.165, 1.54) is 12.1 Å². The maximum atomic E-state index is 13.9. The molecule has 4 aromatic carbocycles. The van der Waals surface area contributed by atoms with Gasteiger partial charge in [-0.3, -0.25) is 9.59 Å². The molecule has 6 rings (SSSR count). The topological polar surface area (TPSA) is 69.0 Å². The summed E-state index contributed by atoms with van der Waals surface area (Å²) >= 11 is 0. The first-order valence-electron chi connectivity index (χ1n) is 13.5. The molecule has 7 heteroatoms. The van der Waals surface area contributed by atoms with Crippen LogP contribution < -0.4 is 14.9 Å². The van der Waals surface area contributed by atoms with Gasteiger partial charge in [-0.05, 0) is 66.9 Å². The van der Waals surface area contributed by atoms with E-state index in [1.807, 2.05) is 62.4 Å². The molecular formula is C34H28FNO5. The fraction of sp³-hybridized carbons (Fsp3) is 0.176. The minimum absolute atomic E-state index is 0.0147. The van der Waals surface area contributed by atoms with Gasteiger partial charge < -0.3 is 18.8 Å². The van der Waals surface area contributed by atoms with E-state index in [9.17, 15) is 14.0 Å². The standard InChI is InChI=1S/C34H28FNO5/c1-3-39-29-18-24(12-16-28(29)40-20-23-7-5-4-6-8-23)31-30-32(37)26-17-21(2)9-15-27(26)41-33(30)34(38)36(31)19-22-10-13-25(35)14-11-22/h4-18,31H,3,19-20H2,1-2H3. The van der Waals surface area contributed by atoms with E-state index in [2.05, 4.69) is 0 Å². The van der Waals surface area contributed by atoms with Gasteiger partial charge in [-0.1, -0.05) is 60.2 Å². The second kappa shape index (κ2) is 10.9. The van der Waals surface area contributed by atoms with Crippen LogP contribution in [-0.4, -0.2) is 17.4 Å². The van der Waals surface area contributed by atoms with Crippen molar-refractivity contribution < 1.29 is 23.1 Å². The molecule has 0 radical (unpaired) electrons. The number of hydrogen-bond acceptors (Lipinski definition) is 5. The van der Waals surface area contributed by atoms with Gasteiger partial charge in [-0.2, -0.15) is 0 Å². The van der Waals surface area contributed by atoms with E-state index >= 15 is 0 Å². The molecule has 1 atom stereocenters. The summed E-state index contributed by atoms with van der Waals surface area (Å²) in [6.07, 6.45) is 0. The zero-order chi connectivity index (χ0) is 28.5. The van der Waals surface area contributed by atoms with Gasteiger partial charge in [0.2, 0.25) is 5.76 Å². The van der Waals surface area contributed by atoms with Crippen molar-refractivity contribution in [2.24, 2.45) is 0 Å². The Morgan fingerprint density at radius 1 is 0.854 bits per heavy atom. The fourth-order valence-corrected chi connectivity index (χ4v) is 5.25. The van der Waals surface area contributed by atoms with E-state index in [1.54, 1.807) is 35.2 Å². The average molecular weight is 550 g/mol. The minimum Gasteiger partial charge on any atom is -0.490 e. The van der Waals surface area contributed by atoms with Crippen LogP contribution >= 0.6 is 0 Å². The maximum Gasteiger partial charge on any atom is 0.291 e. The number of halogens is 1. The van der Waals surface area contributed by atoms with E-state index < -0.39 is 11.9 Å². The number of hydrogen-bond donors (Lipinski definition) is 0. The van der Waals surface area contributed by atoms with Crippen molar-refractivity contribution in [3.63, 3.8) is 0 Å². The molecule has 1 amide bonds. The lowest BCUT2D eigenvalue weighted by atomic mass is 9.97. The molecule has 6 nitrogen and oxygen atoms in total. The summed E-state index contributed by atoms with van der Waals surface area (Å²) in [5, 5.41) is 0.415. The van der Waals surface area contributed by atoms with Crippen molar-refractivity contribution in [2.75, 3.05) is 6.61 Å². The van der Waals surface area contributed by atoms with Crippen LogP contribution in [0.4, 0.5) is 4.39 Å². The molecular weight excluding hydrogens is 521 g/mol. The van der Waals surface area contributed by atoms with Crippen molar-refractivity contribution in [1.82, 2.24) is 4.90 Å². The van der Waals surface area contributed by atoms with Gasteiger partial charge in [-0.15, -0.1) is 0 Å². The Labute approximate surface area is 236 Å². The summed E-state index contributed by atoms with van der Waals surface area (Å²) in [6, 6.07) is 25.8. The number of amides is 1. The average Bonchev–Trinajstić information content (AvgIpc) is 3.25. The van der Waals surface area contributed by atoms with Crippen LogP contribution in [0.15, 0.2) is 100 Å². The normalized spacial score (nSPS) is 14.4. The van der Waals surface area contributed by atoms with Crippen LogP contribution in [0.1, 0.15) is 51.3 Å². The molecule has 0 saturated carbocycles. The Kier molecular flexibility index (Phi) is 7.01. The zero-order valence-electron chi connectivity index (χ0n) is 22.7. The summed E-state index contributed by atoms with van der Waals surface area (Å²) in [7, 11) is 0. The lowest BCUT2D eigenvalue weighted by Crippen LogP contribution is -2.29. The van der Waals surface area contributed by atoms with Crippen LogP contribution in [-0.2, 0) is 13.2 Å². The largest absolute Gasteiger partial charge is 0.490 e. The van der Waals surface area contributed by atoms with Crippen LogP contribution in [0.5, 0.6) is 11.5 Å². The maximum absolute atomic E-state index is 13.9. The van der Waals surface area contributed by atoms with Crippen molar-refractivity contribution in [1.29, 1.82) is 0 Å². The zero-order valence-corrected chi connectivity index (χ0v) is 22.7. The fourth-order valence-electron chi connectivity index (χ4n) is 5.25. The Bertz CT molecular complexity index is 1800. The Balaban J connectivity index is 1.46. The number of rotatable bonds is 8. The van der Waals surface area contributed by atoms with Gasteiger partial charge in [0.25, 0.3) is 5.91 Å². The molecule has 41 heavy (non-hydrogen) atoms. The Hall–Kier alpha value is -4.91. The Morgan fingerprint density at radius 2 is 1.63 bits per heavy atom.